The number of para-hydroxylation sites is 2. The van der Waals surface area contributed by atoms with E-state index in [-0.39, 0.29) is 0 Å². The molecule has 0 amide bonds. The third-order valence-electron chi connectivity index (χ3n) is 4.52. The average Bonchev–Trinajstić information content (AvgIpc) is 3.04. The van der Waals surface area contributed by atoms with E-state index in [2.05, 4.69) is 58.8 Å². The van der Waals surface area contributed by atoms with Crippen LogP contribution in [0.2, 0.25) is 0 Å². The zero-order valence-corrected chi connectivity index (χ0v) is 16.3. The lowest BCUT2D eigenvalue weighted by Crippen LogP contribution is -2.49. The minimum Gasteiger partial charge on any atom is -0.357 e. The van der Waals surface area contributed by atoms with Gasteiger partial charge in [0.1, 0.15) is 5.82 Å². The Morgan fingerprint density at radius 3 is 3.04 bits per heavy atom. The van der Waals surface area contributed by atoms with Gasteiger partial charge in [0.25, 0.3) is 0 Å². The number of fused-ring (bicyclic) bond motifs is 1. The monoisotopic (exact) mass is 359 g/mol. The highest BCUT2D eigenvalue weighted by atomic mass is 32.2. The van der Waals surface area contributed by atoms with Gasteiger partial charge < -0.3 is 15.2 Å². The van der Waals surface area contributed by atoms with Gasteiger partial charge in [-0.1, -0.05) is 26.0 Å². The summed E-state index contributed by atoms with van der Waals surface area (Å²) >= 11 is 2.09. The number of H-pyrrole nitrogens is 1. The summed E-state index contributed by atoms with van der Waals surface area (Å²) in [5.41, 5.74) is 2.13. The third-order valence-corrected chi connectivity index (χ3v) is 6.06. The highest BCUT2D eigenvalue weighted by Crippen LogP contribution is 2.24. The van der Waals surface area contributed by atoms with Crippen LogP contribution in [0, 0.1) is 5.92 Å². The summed E-state index contributed by atoms with van der Waals surface area (Å²) < 4.78 is 0. The Kier molecular flexibility index (Phi) is 6.24. The molecule has 6 heteroatoms. The van der Waals surface area contributed by atoms with Gasteiger partial charge in [0.05, 0.1) is 11.0 Å². The topological polar surface area (TPSA) is 56.3 Å². The van der Waals surface area contributed by atoms with Crippen molar-refractivity contribution in [2.75, 3.05) is 31.9 Å². The van der Waals surface area contributed by atoms with Crippen molar-refractivity contribution in [3.05, 3.63) is 30.1 Å². The Labute approximate surface area is 154 Å². The Morgan fingerprint density at radius 1 is 1.44 bits per heavy atom. The van der Waals surface area contributed by atoms with Gasteiger partial charge in [0.2, 0.25) is 0 Å². The van der Waals surface area contributed by atoms with Crippen LogP contribution in [0.4, 0.5) is 0 Å². The molecule has 1 unspecified atom stereocenters. The third kappa shape index (κ3) is 4.69. The van der Waals surface area contributed by atoms with Gasteiger partial charge in [-0.25, -0.2) is 4.98 Å². The Morgan fingerprint density at radius 2 is 2.28 bits per heavy atom. The molecule has 1 fully saturated rings. The number of aliphatic imine (C=N–C) groups is 1. The van der Waals surface area contributed by atoms with Gasteiger partial charge in [-0.15, -0.1) is 0 Å². The van der Waals surface area contributed by atoms with Gasteiger partial charge in [-0.3, -0.25) is 4.99 Å². The van der Waals surface area contributed by atoms with Crippen molar-refractivity contribution >= 4 is 28.8 Å². The molecule has 0 saturated carbocycles. The Hall–Kier alpha value is -1.69. The molecule has 1 aromatic heterocycles. The standard InChI is InChI=1S/C19H29N5S/c1-4-20-19(24-11-12-25-17(13-24)14(2)3)21-10-9-18-22-15-7-5-6-8-16(15)23-18/h5-8,14,17H,4,9-13H2,1-3H3,(H,20,21)(H,22,23). The maximum Gasteiger partial charge on any atom is 0.193 e. The average molecular weight is 360 g/mol. The number of rotatable bonds is 5. The predicted molar refractivity (Wildman–Crippen MR) is 108 cm³/mol. The number of nitrogens with one attached hydrogen (secondary N) is 2. The normalized spacial score (nSPS) is 19.0. The smallest absolute Gasteiger partial charge is 0.193 e. The molecule has 2 aromatic rings. The molecule has 2 N–H and O–H groups in total. The van der Waals surface area contributed by atoms with E-state index >= 15 is 0 Å². The lowest BCUT2D eigenvalue weighted by atomic mass is 10.1. The first-order valence-electron chi connectivity index (χ1n) is 9.26. The number of benzene rings is 1. The van der Waals surface area contributed by atoms with E-state index < -0.39 is 0 Å². The van der Waals surface area contributed by atoms with Crippen LogP contribution in [0.3, 0.4) is 0 Å². The molecule has 136 valence electrons. The zero-order valence-electron chi connectivity index (χ0n) is 15.5. The van der Waals surface area contributed by atoms with Crippen molar-refractivity contribution in [1.82, 2.24) is 20.2 Å². The van der Waals surface area contributed by atoms with Gasteiger partial charge >= 0.3 is 0 Å². The Bertz CT molecular complexity index is 676. The molecule has 5 nitrogen and oxygen atoms in total. The van der Waals surface area contributed by atoms with Gasteiger partial charge in [-0.05, 0) is 25.0 Å². The largest absolute Gasteiger partial charge is 0.357 e. The van der Waals surface area contributed by atoms with E-state index in [1.165, 1.54) is 5.75 Å². The molecular formula is C19H29N5S. The van der Waals surface area contributed by atoms with Gasteiger partial charge in [-0.2, -0.15) is 11.8 Å². The quantitative estimate of drug-likeness (QED) is 0.636. The molecule has 1 aromatic carbocycles. The fourth-order valence-corrected chi connectivity index (χ4v) is 4.39. The summed E-state index contributed by atoms with van der Waals surface area (Å²) in [6.07, 6.45) is 0.833. The second-order valence-corrected chi connectivity index (χ2v) is 8.13. The predicted octanol–water partition coefficient (Wildman–Crippen LogP) is 3.14. The van der Waals surface area contributed by atoms with Crippen LogP contribution in [-0.2, 0) is 6.42 Å². The number of thioether (sulfide) groups is 1. The summed E-state index contributed by atoms with van der Waals surface area (Å²) in [5, 5.41) is 4.15. The molecule has 1 aliphatic heterocycles. The molecule has 0 aliphatic carbocycles. The first-order valence-corrected chi connectivity index (χ1v) is 10.3. The van der Waals surface area contributed by atoms with Crippen LogP contribution >= 0.6 is 11.8 Å². The second-order valence-electron chi connectivity index (χ2n) is 6.79. The van der Waals surface area contributed by atoms with Gasteiger partial charge in [0, 0.05) is 43.6 Å². The minimum atomic E-state index is 0.688. The highest BCUT2D eigenvalue weighted by Gasteiger charge is 2.24. The lowest BCUT2D eigenvalue weighted by Gasteiger charge is -2.36. The fourth-order valence-electron chi connectivity index (χ4n) is 3.09. The molecule has 1 saturated heterocycles. The number of guanidine groups is 1. The van der Waals surface area contributed by atoms with Crippen molar-refractivity contribution < 1.29 is 0 Å². The molecule has 0 radical (unpaired) electrons. The van der Waals surface area contributed by atoms with Crippen LogP contribution < -0.4 is 5.32 Å². The van der Waals surface area contributed by atoms with E-state index in [1.54, 1.807) is 0 Å². The van der Waals surface area contributed by atoms with Crippen LogP contribution in [0.1, 0.15) is 26.6 Å². The first-order chi connectivity index (χ1) is 12.2. The van der Waals surface area contributed by atoms with Crippen molar-refractivity contribution in [2.45, 2.75) is 32.4 Å². The molecule has 0 spiro atoms. The van der Waals surface area contributed by atoms with Crippen molar-refractivity contribution in [1.29, 1.82) is 0 Å². The molecule has 2 heterocycles. The van der Waals surface area contributed by atoms with Gasteiger partial charge in [0.15, 0.2) is 5.96 Å². The maximum absolute atomic E-state index is 4.86. The summed E-state index contributed by atoms with van der Waals surface area (Å²) in [7, 11) is 0. The van der Waals surface area contributed by atoms with E-state index in [0.717, 1.165) is 55.4 Å². The maximum atomic E-state index is 4.86. The molecule has 1 atom stereocenters. The SMILES string of the molecule is CCNC(=NCCc1nc2ccccc2[nH]1)N1CCSC(C(C)C)C1. The highest BCUT2D eigenvalue weighted by molar-refractivity contribution is 8.00. The van der Waals surface area contributed by atoms with E-state index in [1.807, 2.05) is 18.2 Å². The van der Waals surface area contributed by atoms with Crippen LogP contribution in [0.25, 0.3) is 11.0 Å². The fraction of sp³-hybridized carbons (Fsp3) is 0.579. The van der Waals surface area contributed by atoms with Crippen molar-refractivity contribution in [3.8, 4) is 0 Å². The molecule has 0 bridgehead atoms. The van der Waals surface area contributed by atoms with Crippen LogP contribution in [0.15, 0.2) is 29.3 Å². The number of hydrogen-bond donors (Lipinski definition) is 2. The van der Waals surface area contributed by atoms with E-state index in [9.17, 15) is 0 Å². The molecule has 3 rings (SSSR count). The summed E-state index contributed by atoms with van der Waals surface area (Å²) in [4.78, 5) is 15.3. The van der Waals surface area contributed by atoms with E-state index in [0.29, 0.717) is 11.2 Å². The first kappa shape index (κ1) is 18.1. The molecule has 1 aliphatic rings. The zero-order chi connectivity index (χ0) is 17.6. The number of aromatic nitrogens is 2. The number of nitrogens with zero attached hydrogens (tertiary/aromatic N) is 3. The van der Waals surface area contributed by atoms with Crippen molar-refractivity contribution in [2.24, 2.45) is 10.9 Å². The van der Waals surface area contributed by atoms with Crippen LogP contribution in [0.5, 0.6) is 0 Å². The molecule has 25 heavy (non-hydrogen) atoms. The van der Waals surface area contributed by atoms with E-state index in [4.69, 9.17) is 4.99 Å². The summed E-state index contributed by atoms with van der Waals surface area (Å²) in [5.74, 6) is 3.93. The molecular weight excluding hydrogens is 330 g/mol. The number of aromatic amines is 1. The number of hydrogen-bond acceptors (Lipinski definition) is 3. The summed E-state index contributed by atoms with van der Waals surface area (Å²) in [6, 6.07) is 8.16. The summed E-state index contributed by atoms with van der Waals surface area (Å²) in [6.45, 7) is 10.6. The Balaban J connectivity index is 1.63. The number of imidazole rings is 1. The lowest BCUT2D eigenvalue weighted by molar-refractivity contribution is 0.381. The van der Waals surface area contributed by atoms with Crippen molar-refractivity contribution in [3.63, 3.8) is 0 Å². The van der Waals surface area contributed by atoms with Crippen LogP contribution in [-0.4, -0.2) is 58.0 Å². The second kappa shape index (κ2) is 8.61. The minimum absolute atomic E-state index is 0.688.